The van der Waals surface area contributed by atoms with Gasteiger partial charge in [0.25, 0.3) is 0 Å². The molecule has 3 saturated carbocycles. The van der Waals surface area contributed by atoms with Crippen molar-refractivity contribution in [1.82, 2.24) is 4.90 Å². The third-order valence-corrected chi connectivity index (χ3v) is 12.6. The summed E-state index contributed by atoms with van der Waals surface area (Å²) in [5.74, 6) is -1.48. The molecule has 1 aromatic carbocycles. The second kappa shape index (κ2) is 10.4. The highest BCUT2D eigenvalue weighted by Crippen LogP contribution is 2.70. The Morgan fingerprint density at radius 1 is 0.977 bits per heavy atom. The molecule has 8 nitrogen and oxygen atoms in total. The van der Waals surface area contributed by atoms with Crippen molar-refractivity contribution in [3.8, 4) is 5.75 Å². The molecule has 5 aliphatic rings. The molecule has 1 aliphatic heterocycles. The third-order valence-electron chi connectivity index (χ3n) is 12.6. The molecule has 0 aromatic heterocycles. The van der Waals surface area contributed by atoms with Gasteiger partial charge in [-0.1, -0.05) is 31.6 Å². The Labute approximate surface area is 253 Å². The van der Waals surface area contributed by atoms with Crippen LogP contribution in [0.3, 0.4) is 0 Å². The minimum Gasteiger partial charge on any atom is -0.508 e. The Hall–Kier alpha value is -3.29. The summed E-state index contributed by atoms with van der Waals surface area (Å²) in [7, 11) is 1.30. The number of allylic oxidation sites excluding steroid dienone is 1. The number of aromatic hydroxyl groups is 1. The van der Waals surface area contributed by atoms with Crippen LogP contribution in [-0.4, -0.2) is 52.0 Å². The lowest BCUT2D eigenvalue weighted by atomic mass is 9.41. The van der Waals surface area contributed by atoms with Gasteiger partial charge in [0.05, 0.1) is 7.11 Å². The van der Waals surface area contributed by atoms with Crippen molar-refractivity contribution in [2.75, 3.05) is 7.11 Å². The fraction of sp³-hybridized carbons (Fsp3) is 0.629. The highest BCUT2D eigenvalue weighted by Gasteiger charge is 2.71. The zero-order valence-corrected chi connectivity index (χ0v) is 25.7. The first-order valence-corrected chi connectivity index (χ1v) is 15.8. The van der Waals surface area contributed by atoms with E-state index < -0.39 is 34.7 Å². The molecule has 2 amide bonds. The number of methoxy groups -OCH3 is 1. The van der Waals surface area contributed by atoms with Crippen molar-refractivity contribution in [1.29, 1.82) is 0 Å². The molecule has 8 atom stereocenters. The first kappa shape index (κ1) is 29.8. The molecule has 1 aromatic rings. The van der Waals surface area contributed by atoms with Crippen molar-refractivity contribution in [2.45, 2.75) is 90.5 Å². The predicted octanol–water partition coefficient (Wildman–Crippen LogP) is 4.96. The number of phenols is 1. The number of ether oxygens (including phenoxy) is 1. The minimum atomic E-state index is -1.67. The van der Waals surface area contributed by atoms with E-state index >= 15 is 0 Å². The van der Waals surface area contributed by atoms with Crippen LogP contribution in [0.5, 0.6) is 5.75 Å². The van der Waals surface area contributed by atoms with Crippen molar-refractivity contribution < 1.29 is 33.8 Å². The lowest BCUT2D eigenvalue weighted by Crippen LogP contribution is -2.70. The molecule has 43 heavy (non-hydrogen) atoms. The van der Waals surface area contributed by atoms with Gasteiger partial charge in [0, 0.05) is 37.5 Å². The molecule has 1 saturated heterocycles. The van der Waals surface area contributed by atoms with Crippen molar-refractivity contribution in [3.05, 3.63) is 41.5 Å². The maximum Gasteiger partial charge on any atom is 0.332 e. The second-order valence-corrected chi connectivity index (χ2v) is 14.2. The Kier molecular flexibility index (Phi) is 7.21. The summed E-state index contributed by atoms with van der Waals surface area (Å²) >= 11 is 0. The summed E-state index contributed by atoms with van der Waals surface area (Å²) in [6, 6.07) is 6.52. The van der Waals surface area contributed by atoms with Crippen LogP contribution in [0, 0.1) is 40.4 Å². The summed E-state index contributed by atoms with van der Waals surface area (Å²) in [6.07, 6.45) is 6.97. The van der Waals surface area contributed by atoms with Gasteiger partial charge in [-0.05, 0) is 97.8 Å². The van der Waals surface area contributed by atoms with Gasteiger partial charge in [-0.2, -0.15) is 0 Å². The molecule has 1 heterocycles. The lowest BCUT2D eigenvalue weighted by molar-refractivity contribution is -0.189. The number of carbonyl (C=O) groups excluding carboxylic acids is 5. The number of hydrogen-bond acceptors (Lipinski definition) is 7. The first-order chi connectivity index (χ1) is 20.4. The fourth-order valence-electron chi connectivity index (χ4n) is 10.7. The molecule has 0 radical (unpaired) electrons. The number of phenolic OH excluding ortho intramolecular Hbond substituents is 1. The molecule has 1 N–H and O–H groups in total. The van der Waals surface area contributed by atoms with Crippen LogP contribution in [0.1, 0.15) is 84.1 Å². The van der Waals surface area contributed by atoms with E-state index in [1.54, 1.807) is 31.2 Å². The molecule has 4 fully saturated rings. The van der Waals surface area contributed by atoms with E-state index in [9.17, 15) is 29.1 Å². The first-order valence-electron chi connectivity index (χ1n) is 15.8. The van der Waals surface area contributed by atoms with Crippen LogP contribution in [0.15, 0.2) is 35.9 Å². The van der Waals surface area contributed by atoms with E-state index in [0.29, 0.717) is 30.7 Å². The van der Waals surface area contributed by atoms with Gasteiger partial charge in [-0.3, -0.25) is 24.1 Å². The number of rotatable bonds is 6. The van der Waals surface area contributed by atoms with Crippen LogP contribution in [0.25, 0.3) is 0 Å². The molecular weight excluding hydrogens is 546 g/mol. The molecule has 230 valence electrons. The number of hydrogen-bond donors (Lipinski definition) is 1. The number of benzene rings is 1. The number of Topliss-reactive ketones (excluding diaryl/α,β-unsaturated/α-hetero) is 1. The van der Waals surface area contributed by atoms with E-state index in [1.807, 2.05) is 6.08 Å². The standard InChI is InChI=1S/C35H43NO7/c1-20(37)26-11-12-27-25-10-7-22-17-24(39)15-16-33(22,2)28(25)18-29(34(26,27)3)35(32(42)43-4,36-30(40)13-14-31(36)41)19-21-5-8-23(38)9-6-21/h5-6,8-9,17,25-29,38H,7,10-16,18-19H2,1-4H3/t25-,26+,27-,28-,29?,33-,34+,35-/m0/s1. The molecule has 0 spiro atoms. The summed E-state index contributed by atoms with van der Waals surface area (Å²) < 4.78 is 5.57. The maximum absolute atomic E-state index is 14.5. The van der Waals surface area contributed by atoms with Gasteiger partial charge in [0.15, 0.2) is 11.3 Å². The van der Waals surface area contributed by atoms with E-state index in [4.69, 9.17) is 4.74 Å². The number of imide groups is 1. The van der Waals surface area contributed by atoms with Crippen LogP contribution in [0.2, 0.25) is 0 Å². The largest absolute Gasteiger partial charge is 0.508 e. The quantitative estimate of drug-likeness (QED) is 0.368. The summed E-state index contributed by atoms with van der Waals surface area (Å²) in [5.41, 5.74) is -0.722. The lowest BCUT2D eigenvalue weighted by Gasteiger charge is -2.64. The number of likely N-dealkylation sites (tertiary alicyclic amines) is 1. The zero-order valence-electron chi connectivity index (χ0n) is 25.7. The number of amides is 2. The van der Waals surface area contributed by atoms with Gasteiger partial charge in [0.2, 0.25) is 11.8 Å². The average Bonchev–Trinajstić information content (AvgIpc) is 3.51. The van der Waals surface area contributed by atoms with E-state index in [-0.39, 0.29) is 59.7 Å². The van der Waals surface area contributed by atoms with Gasteiger partial charge in [-0.25, -0.2) is 4.79 Å². The zero-order chi connectivity index (χ0) is 30.9. The summed E-state index contributed by atoms with van der Waals surface area (Å²) in [5, 5.41) is 10.0. The molecular formula is C35H43NO7. The Bertz CT molecular complexity index is 1400. The second-order valence-electron chi connectivity index (χ2n) is 14.2. The number of ketones is 2. The fourth-order valence-corrected chi connectivity index (χ4v) is 10.7. The smallest absolute Gasteiger partial charge is 0.332 e. The number of nitrogens with zero attached hydrogens (tertiary/aromatic N) is 1. The van der Waals surface area contributed by atoms with E-state index in [1.165, 1.54) is 17.6 Å². The third kappa shape index (κ3) is 4.26. The van der Waals surface area contributed by atoms with Gasteiger partial charge in [-0.15, -0.1) is 0 Å². The Morgan fingerprint density at radius 2 is 1.65 bits per heavy atom. The van der Waals surface area contributed by atoms with Crippen molar-refractivity contribution in [3.63, 3.8) is 0 Å². The SMILES string of the molecule is COC(=O)[C@](Cc1ccc(O)cc1)(C1C[C@H]2[C@@H](CCC3=CC(=O)CC[C@@]32C)[C@@H]2CC[C@H](C(C)=O)[C@@]12C)N1C(=O)CCC1=O. The molecule has 0 bridgehead atoms. The number of esters is 1. The van der Waals surface area contributed by atoms with Gasteiger partial charge >= 0.3 is 5.97 Å². The highest BCUT2D eigenvalue weighted by atomic mass is 16.5. The van der Waals surface area contributed by atoms with Crippen molar-refractivity contribution in [2.24, 2.45) is 40.4 Å². The Morgan fingerprint density at radius 3 is 2.28 bits per heavy atom. The Balaban J connectivity index is 1.60. The van der Waals surface area contributed by atoms with Gasteiger partial charge in [0.1, 0.15) is 11.5 Å². The average molecular weight is 590 g/mol. The number of carbonyl (C=O) groups is 5. The van der Waals surface area contributed by atoms with E-state index in [2.05, 4.69) is 13.8 Å². The van der Waals surface area contributed by atoms with Crippen molar-refractivity contribution >= 4 is 29.4 Å². The van der Waals surface area contributed by atoms with E-state index in [0.717, 1.165) is 25.7 Å². The van der Waals surface area contributed by atoms with Crippen LogP contribution < -0.4 is 0 Å². The molecule has 6 rings (SSSR count). The van der Waals surface area contributed by atoms with Crippen LogP contribution in [0.4, 0.5) is 0 Å². The molecule has 4 aliphatic carbocycles. The topological polar surface area (TPSA) is 118 Å². The predicted molar refractivity (Wildman–Crippen MR) is 157 cm³/mol. The normalized spacial score (nSPS) is 36.7. The monoisotopic (exact) mass is 589 g/mol. The maximum atomic E-state index is 14.5. The van der Waals surface area contributed by atoms with Gasteiger partial charge < -0.3 is 9.84 Å². The molecule has 8 heteroatoms. The van der Waals surface area contributed by atoms with Crippen LogP contribution >= 0.6 is 0 Å². The number of fused-ring (bicyclic) bond motifs is 5. The minimum absolute atomic E-state index is 0.0227. The summed E-state index contributed by atoms with van der Waals surface area (Å²) in [6.45, 7) is 6.02. The van der Waals surface area contributed by atoms with Crippen LogP contribution in [-0.2, 0) is 35.1 Å². The molecule has 1 unspecified atom stereocenters. The summed E-state index contributed by atoms with van der Waals surface area (Å²) in [4.78, 5) is 69.0. The highest BCUT2D eigenvalue weighted by molar-refractivity contribution is 6.07.